The molecular formula is C50H60O18. The molecule has 0 aromatic heterocycles. The maximum absolute atomic E-state index is 14.2. The lowest BCUT2D eigenvalue weighted by Gasteiger charge is -2.49. The van der Waals surface area contributed by atoms with Crippen molar-refractivity contribution in [2.45, 2.75) is 139 Å². The molecule has 2 aliphatic carbocycles. The van der Waals surface area contributed by atoms with E-state index in [0.29, 0.717) is 12.8 Å². The largest absolute Gasteiger partial charge is 0.479 e. The first-order valence-corrected chi connectivity index (χ1v) is 23.1. The Bertz CT molecular complexity index is 2140. The van der Waals surface area contributed by atoms with Gasteiger partial charge in [0.25, 0.3) is 0 Å². The first-order chi connectivity index (χ1) is 32.7. The first-order valence-electron chi connectivity index (χ1n) is 23.1. The Morgan fingerprint density at radius 1 is 0.632 bits per heavy atom. The number of ether oxygens (including phenoxy) is 9. The molecule has 18 nitrogen and oxygen atoms in total. The van der Waals surface area contributed by atoms with Crippen LogP contribution in [0, 0.1) is 17.8 Å². The van der Waals surface area contributed by atoms with Gasteiger partial charge in [-0.3, -0.25) is 4.79 Å². The number of hydrogen-bond acceptors (Lipinski definition) is 17. The molecule has 4 N–H and O–H groups in total. The van der Waals surface area contributed by atoms with Crippen LogP contribution in [0.25, 0.3) is 0 Å². The third-order valence-electron chi connectivity index (χ3n) is 13.2. The molecule has 2 saturated carbocycles. The van der Waals surface area contributed by atoms with E-state index in [1.54, 1.807) is 61.5 Å². The van der Waals surface area contributed by atoms with Gasteiger partial charge >= 0.3 is 29.8 Å². The summed E-state index contributed by atoms with van der Waals surface area (Å²) in [6.07, 6.45) is -15.9. The topological polar surface area (TPSA) is 249 Å². The van der Waals surface area contributed by atoms with Gasteiger partial charge in [0.05, 0.1) is 48.0 Å². The summed E-state index contributed by atoms with van der Waals surface area (Å²) in [7, 11) is 1.24. The average molecular weight is 949 g/mol. The third kappa shape index (κ3) is 12.1. The van der Waals surface area contributed by atoms with E-state index in [1.807, 2.05) is 0 Å². The van der Waals surface area contributed by atoms with Crippen molar-refractivity contribution in [2.24, 2.45) is 17.8 Å². The van der Waals surface area contributed by atoms with Gasteiger partial charge in [0.15, 0.2) is 30.9 Å². The Morgan fingerprint density at radius 3 is 1.75 bits per heavy atom. The van der Waals surface area contributed by atoms with Crippen molar-refractivity contribution in [3.05, 3.63) is 108 Å². The Kier molecular flexibility index (Phi) is 17.3. The predicted octanol–water partition coefficient (Wildman–Crippen LogP) is 4.26. The molecule has 0 spiro atoms. The highest BCUT2D eigenvalue weighted by Crippen LogP contribution is 2.41. The number of aliphatic hydroxyl groups is 3. The van der Waals surface area contributed by atoms with Crippen molar-refractivity contribution in [3.8, 4) is 0 Å². The molecule has 14 unspecified atom stereocenters. The average Bonchev–Trinajstić information content (AvgIpc) is 3.36. The highest BCUT2D eigenvalue weighted by atomic mass is 16.8. The Balaban J connectivity index is 1.33. The lowest BCUT2D eigenvalue weighted by atomic mass is 9.78. The lowest BCUT2D eigenvalue weighted by molar-refractivity contribution is -0.349. The van der Waals surface area contributed by atoms with Crippen LogP contribution in [0.3, 0.4) is 0 Å². The SMILES string of the molecule is COC(=O)C1CC(C)C(OC2OC(C)C(O)C(O)C2O)C(OC2OC(COC(=O)c3ccccc3)C(OC(=O)c3ccccc3)C(O[C@H](C(=O)O)C3CCCCC3)C2OC(=O)c2ccccc2)C1. The number of benzene rings is 3. The third-order valence-corrected chi connectivity index (χ3v) is 13.2. The molecule has 3 aromatic carbocycles. The van der Waals surface area contributed by atoms with Crippen LogP contribution in [0.15, 0.2) is 91.0 Å². The highest BCUT2D eigenvalue weighted by molar-refractivity contribution is 5.90. The zero-order chi connectivity index (χ0) is 48.5. The fourth-order valence-corrected chi connectivity index (χ4v) is 9.50. The standard InChI is InChI=1S/C50H60O18/c1-27-24-33(45(56)60-3)25-34(39(27)68-49-38(53)37(52)36(51)28(2)62-49)63-50-43(67-48(59)32-22-14-7-15-23-32)42(65-40(44(54)55)29-16-8-4-9-17-29)41(66-47(58)31-20-12-6-13-21-31)35(64-50)26-61-46(57)30-18-10-5-11-19-30/h5-7,10-15,18-23,27-29,33-43,49-53H,4,8-9,16-17,24-26H2,1-3H3,(H,54,55)/t27?,28?,33?,34?,35?,36?,37?,38?,39?,40-,41?,42?,43?,49?,50?/m0/s1. The van der Waals surface area contributed by atoms with E-state index >= 15 is 0 Å². The summed E-state index contributed by atoms with van der Waals surface area (Å²) >= 11 is 0. The first kappa shape index (κ1) is 50.6. The second-order valence-corrected chi connectivity index (χ2v) is 17.9. The van der Waals surface area contributed by atoms with Crippen LogP contribution in [0.2, 0.25) is 0 Å². The monoisotopic (exact) mass is 948 g/mol. The van der Waals surface area contributed by atoms with E-state index in [2.05, 4.69) is 0 Å². The van der Waals surface area contributed by atoms with Crippen LogP contribution in [0.5, 0.6) is 0 Å². The van der Waals surface area contributed by atoms with Gasteiger partial charge in [-0.1, -0.05) is 80.8 Å². The fourth-order valence-electron chi connectivity index (χ4n) is 9.50. The van der Waals surface area contributed by atoms with Crippen molar-refractivity contribution < 1.29 is 87.0 Å². The number of carbonyl (C=O) groups excluding carboxylic acids is 4. The molecule has 15 atom stereocenters. The zero-order valence-corrected chi connectivity index (χ0v) is 38.1. The number of carboxylic acids is 1. The summed E-state index contributed by atoms with van der Waals surface area (Å²) in [6.45, 7) is 2.63. The summed E-state index contributed by atoms with van der Waals surface area (Å²) in [5.41, 5.74) is 0.373. The molecule has 4 fully saturated rings. The van der Waals surface area contributed by atoms with Crippen molar-refractivity contribution in [1.29, 1.82) is 0 Å². The summed E-state index contributed by atoms with van der Waals surface area (Å²) in [6, 6.07) is 23.9. The van der Waals surface area contributed by atoms with Gasteiger partial charge in [0.2, 0.25) is 0 Å². The molecule has 2 saturated heterocycles. The van der Waals surface area contributed by atoms with Crippen molar-refractivity contribution in [3.63, 3.8) is 0 Å². The molecule has 2 aliphatic heterocycles. The van der Waals surface area contributed by atoms with E-state index in [0.717, 1.165) is 19.3 Å². The summed E-state index contributed by atoms with van der Waals surface area (Å²) in [5.74, 6) is -6.31. The van der Waals surface area contributed by atoms with Crippen LogP contribution in [-0.4, -0.2) is 144 Å². The minimum Gasteiger partial charge on any atom is -0.479 e. The lowest BCUT2D eigenvalue weighted by Crippen LogP contribution is -2.65. The van der Waals surface area contributed by atoms with Crippen molar-refractivity contribution in [1.82, 2.24) is 0 Å². The molecule has 368 valence electrons. The van der Waals surface area contributed by atoms with Crippen LogP contribution >= 0.6 is 0 Å². The van der Waals surface area contributed by atoms with Crippen LogP contribution in [-0.2, 0) is 52.2 Å². The number of carbonyl (C=O) groups is 5. The fraction of sp³-hybridized carbons (Fsp3) is 0.540. The Labute approximate surface area is 393 Å². The smallest absolute Gasteiger partial charge is 0.338 e. The normalized spacial score (nSPS) is 32.5. The second kappa shape index (κ2) is 23.3. The summed E-state index contributed by atoms with van der Waals surface area (Å²) in [4.78, 5) is 68.4. The number of aliphatic carboxylic acids is 1. The quantitative estimate of drug-likeness (QED) is 0.116. The molecule has 7 rings (SSSR count). The van der Waals surface area contributed by atoms with Crippen LogP contribution in [0.4, 0.5) is 0 Å². The van der Waals surface area contributed by atoms with Gasteiger partial charge in [-0.05, 0) is 80.8 Å². The van der Waals surface area contributed by atoms with Gasteiger partial charge in [-0.15, -0.1) is 0 Å². The molecule has 0 amide bonds. The van der Waals surface area contributed by atoms with Gasteiger partial charge in [-0.2, -0.15) is 0 Å². The molecule has 4 aliphatic rings. The molecule has 3 aromatic rings. The van der Waals surface area contributed by atoms with Crippen molar-refractivity contribution >= 4 is 29.8 Å². The van der Waals surface area contributed by atoms with Crippen LogP contribution in [0.1, 0.15) is 89.9 Å². The van der Waals surface area contributed by atoms with Gasteiger partial charge in [0.1, 0.15) is 37.1 Å². The molecule has 2 heterocycles. The maximum Gasteiger partial charge on any atom is 0.338 e. The van der Waals surface area contributed by atoms with E-state index in [9.17, 15) is 44.4 Å². The molecular weight excluding hydrogens is 889 g/mol. The number of aliphatic hydroxyl groups excluding tert-OH is 3. The van der Waals surface area contributed by atoms with Gasteiger partial charge in [-0.25, -0.2) is 19.2 Å². The Morgan fingerprint density at radius 2 is 1.19 bits per heavy atom. The van der Waals surface area contributed by atoms with Gasteiger partial charge in [0, 0.05) is 0 Å². The molecule has 0 radical (unpaired) electrons. The van der Waals surface area contributed by atoms with Gasteiger partial charge < -0.3 is 63.1 Å². The number of esters is 4. The highest BCUT2D eigenvalue weighted by Gasteiger charge is 2.56. The van der Waals surface area contributed by atoms with Crippen LogP contribution < -0.4 is 0 Å². The summed E-state index contributed by atoms with van der Waals surface area (Å²) < 4.78 is 55.8. The minimum absolute atomic E-state index is 0.0837. The number of rotatable bonds is 16. The van der Waals surface area contributed by atoms with E-state index in [-0.39, 0.29) is 29.5 Å². The maximum atomic E-state index is 14.2. The second-order valence-electron chi connectivity index (χ2n) is 17.9. The van der Waals surface area contributed by atoms with E-state index < -0.39 is 134 Å². The van der Waals surface area contributed by atoms with E-state index in [1.165, 1.54) is 50.4 Å². The Hall–Kier alpha value is -5.31. The summed E-state index contributed by atoms with van der Waals surface area (Å²) in [5, 5.41) is 43.0. The van der Waals surface area contributed by atoms with E-state index in [4.69, 9.17) is 42.6 Å². The molecule has 0 bridgehead atoms. The molecule has 18 heteroatoms. The number of hydrogen-bond donors (Lipinski definition) is 4. The molecule has 68 heavy (non-hydrogen) atoms. The minimum atomic E-state index is -1.76. The zero-order valence-electron chi connectivity index (χ0n) is 38.1. The number of carboxylic acid groups (broad SMARTS) is 1. The number of methoxy groups -OCH3 is 1. The van der Waals surface area contributed by atoms with Crippen molar-refractivity contribution in [2.75, 3.05) is 13.7 Å². The predicted molar refractivity (Wildman–Crippen MR) is 236 cm³/mol.